The maximum Gasteiger partial charge on any atom is 0.416 e. The maximum atomic E-state index is 12.4. The third-order valence-corrected chi connectivity index (χ3v) is 2.90. The molecule has 0 aliphatic rings. The van der Waals surface area contributed by atoms with Gasteiger partial charge in [-0.05, 0) is 34.1 Å². The van der Waals surface area contributed by atoms with Gasteiger partial charge in [0.15, 0.2) is 0 Å². The van der Waals surface area contributed by atoms with Crippen LogP contribution in [0.4, 0.5) is 13.2 Å². The Balaban J connectivity index is 2.71. The van der Waals surface area contributed by atoms with Crippen LogP contribution in [0.1, 0.15) is 5.56 Å². The molecule has 0 aliphatic carbocycles. The van der Waals surface area contributed by atoms with Crippen molar-refractivity contribution in [1.82, 2.24) is 4.57 Å². The van der Waals surface area contributed by atoms with Gasteiger partial charge in [0, 0.05) is 28.6 Å². The molecule has 1 nitrogen and oxygen atoms in total. The molecule has 2 aromatic rings. The molecule has 0 radical (unpaired) electrons. The van der Waals surface area contributed by atoms with E-state index in [1.807, 2.05) is 0 Å². The van der Waals surface area contributed by atoms with Crippen LogP contribution in [0.5, 0.6) is 0 Å². The SMILES string of the molecule is Cn1cc(Br)c2cc(C(F)(F)F)ccc21. The number of fused-ring (bicyclic) bond motifs is 1. The van der Waals surface area contributed by atoms with E-state index in [2.05, 4.69) is 15.9 Å². The topological polar surface area (TPSA) is 4.93 Å². The molecule has 5 heteroatoms. The fourth-order valence-electron chi connectivity index (χ4n) is 1.52. The quantitative estimate of drug-likeness (QED) is 0.687. The summed E-state index contributed by atoms with van der Waals surface area (Å²) in [6.45, 7) is 0. The molecular formula is C10H7BrF3N. The summed E-state index contributed by atoms with van der Waals surface area (Å²) in [5.41, 5.74) is 0.150. The van der Waals surface area contributed by atoms with Crippen molar-refractivity contribution in [2.45, 2.75) is 6.18 Å². The maximum absolute atomic E-state index is 12.4. The number of aromatic nitrogens is 1. The van der Waals surface area contributed by atoms with Gasteiger partial charge in [-0.3, -0.25) is 0 Å². The third-order valence-electron chi connectivity index (χ3n) is 2.27. The van der Waals surface area contributed by atoms with Crippen LogP contribution in [0.25, 0.3) is 10.9 Å². The zero-order valence-corrected chi connectivity index (χ0v) is 9.35. The van der Waals surface area contributed by atoms with Gasteiger partial charge in [0.1, 0.15) is 0 Å². The first-order valence-electron chi connectivity index (χ1n) is 4.21. The highest BCUT2D eigenvalue weighted by Crippen LogP contribution is 2.34. The predicted octanol–water partition coefficient (Wildman–Crippen LogP) is 3.96. The number of hydrogen-bond acceptors (Lipinski definition) is 0. The monoisotopic (exact) mass is 277 g/mol. The second-order valence-corrected chi connectivity index (χ2v) is 4.17. The van der Waals surface area contributed by atoms with Crippen molar-refractivity contribution in [3.05, 3.63) is 34.4 Å². The highest BCUT2D eigenvalue weighted by atomic mass is 79.9. The Morgan fingerprint density at radius 2 is 1.93 bits per heavy atom. The van der Waals surface area contributed by atoms with Crippen LogP contribution in [0, 0.1) is 0 Å². The molecule has 0 amide bonds. The van der Waals surface area contributed by atoms with E-state index in [1.54, 1.807) is 17.8 Å². The summed E-state index contributed by atoms with van der Waals surface area (Å²) in [6.07, 6.45) is -2.55. The number of aryl methyl sites for hydroxylation is 1. The van der Waals surface area contributed by atoms with E-state index in [9.17, 15) is 13.2 Å². The number of nitrogens with zero attached hydrogens (tertiary/aromatic N) is 1. The van der Waals surface area contributed by atoms with Gasteiger partial charge in [-0.15, -0.1) is 0 Å². The fourth-order valence-corrected chi connectivity index (χ4v) is 2.15. The largest absolute Gasteiger partial charge is 0.416 e. The Morgan fingerprint density at radius 3 is 2.53 bits per heavy atom. The van der Waals surface area contributed by atoms with Crippen LogP contribution in [0.2, 0.25) is 0 Å². The van der Waals surface area contributed by atoms with Crippen molar-refractivity contribution in [2.75, 3.05) is 0 Å². The molecule has 0 aliphatic heterocycles. The summed E-state index contributed by atoms with van der Waals surface area (Å²) in [5.74, 6) is 0. The standard InChI is InChI=1S/C10H7BrF3N/c1-15-5-8(11)7-4-6(10(12,13)14)2-3-9(7)15/h2-5H,1H3. The molecule has 0 saturated heterocycles. The van der Waals surface area contributed by atoms with Gasteiger partial charge in [0.25, 0.3) is 0 Å². The van der Waals surface area contributed by atoms with Crippen LogP contribution in [0.3, 0.4) is 0 Å². The number of hydrogen-bond donors (Lipinski definition) is 0. The molecule has 0 saturated carbocycles. The first-order chi connectivity index (χ1) is 6.89. The van der Waals surface area contributed by atoms with Gasteiger partial charge in [-0.1, -0.05) is 0 Å². The summed E-state index contributed by atoms with van der Waals surface area (Å²) in [4.78, 5) is 0. The second kappa shape index (κ2) is 3.27. The van der Waals surface area contributed by atoms with E-state index in [0.29, 0.717) is 9.86 Å². The average molecular weight is 278 g/mol. The molecule has 0 fully saturated rings. The smallest absolute Gasteiger partial charge is 0.349 e. The average Bonchev–Trinajstić information content (AvgIpc) is 2.41. The van der Waals surface area contributed by atoms with E-state index in [1.165, 1.54) is 6.07 Å². The molecule has 2 rings (SSSR count). The van der Waals surface area contributed by atoms with Crippen molar-refractivity contribution in [3.63, 3.8) is 0 Å². The van der Waals surface area contributed by atoms with E-state index in [4.69, 9.17) is 0 Å². The van der Waals surface area contributed by atoms with E-state index in [-0.39, 0.29) is 0 Å². The van der Waals surface area contributed by atoms with Gasteiger partial charge in [0.05, 0.1) is 5.56 Å². The first kappa shape index (κ1) is 10.5. The molecule has 0 bridgehead atoms. The lowest BCUT2D eigenvalue weighted by Crippen LogP contribution is -2.04. The predicted molar refractivity (Wildman–Crippen MR) is 55.6 cm³/mol. The Kier molecular flexibility index (Phi) is 2.30. The Bertz CT molecular complexity index is 513. The summed E-state index contributed by atoms with van der Waals surface area (Å²) >= 11 is 3.23. The van der Waals surface area contributed by atoms with Crippen LogP contribution in [-0.2, 0) is 13.2 Å². The van der Waals surface area contributed by atoms with E-state index >= 15 is 0 Å². The van der Waals surface area contributed by atoms with Gasteiger partial charge in [0.2, 0.25) is 0 Å². The molecule has 0 spiro atoms. The van der Waals surface area contributed by atoms with Crippen LogP contribution < -0.4 is 0 Å². The van der Waals surface area contributed by atoms with Crippen molar-refractivity contribution in [2.24, 2.45) is 7.05 Å². The molecule has 1 aromatic heterocycles. The summed E-state index contributed by atoms with van der Waals surface area (Å²) < 4.78 is 39.7. The molecule has 1 heterocycles. The van der Waals surface area contributed by atoms with Crippen molar-refractivity contribution >= 4 is 26.8 Å². The summed E-state index contributed by atoms with van der Waals surface area (Å²) in [7, 11) is 1.79. The third kappa shape index (κ3) is 1.76. The lowest BCUT2D eigenvalue weighted by atomic mass is 10.1. The van der Waals surface area contributed by atoms with Crippen molar-refractivity contribution in [1.29, 1.82) is 0 Å². The highest BCUT2D eigenvalue weighted by Gasteiger charge is 2.30. The molecule has 1 aromatic carbocycles. The molecule has 0 atom stereocenters. The second-order valence-electron chi connectivity index (χ2n) is 3.32. The Morgan fingerprint density at radius 1 is 1.27 bits per heavy atom. The summed E-state index contributed by atoms with van der Waals surface area (Å²) in [6, 6.07) is 3.72. The van der Waals surface area contributed by atoms with Crippen LogP contribution >= 0.6 is 15.9 Å². The van der Waals surface area contributed by atoms with Gasteiger partial charge >= 0.3 is 6.18 Å². The number of benzene rings is 1. The molecule has 80 valence electrons. The Labute approximate surface area is 92.6 Å². The molecular weight excluding hydrogens is 271 g/mol. The zero-order chi connectivity index (χ0) is 11.2. The molecule has 0 N–H and O–H groups in total. The fraction of sp³-hybridized carbons (Fsp3) is 0.200. The number of halogens is 4. The molecule has 15 heavy (non-hydrogen) atoms. The van der Waals surface area contributed by atoms with Crippen molar-refractivity contribution in [3.8, 4) is 0 Å². The van der Waals surface area contributed by atoms with Gasteiger partial charge < -0.3 is 4.57 Å². The minimum absolute atomic E-state index is 0.576. The highest BCUT2D eigenvalue weighted by molar-refractivity contribution is 9.10. The number of alkyl halides is 3. The van der Waals surface area contributed by atoms with Gasteiger partial charge in [-0.25, -0.2) is 0 Å². The minimum Gasteiger partial charge on any atom is -0.349 e. The van der Waals surface area contributed by atoms with Crippen LogP contribution in [0.15, 0.2) is 28.9 Å². The van der Waals surface area contributed by atoms with E-state index in [0.717, 1.165) is 17.6 Å². The zero-order valence-electron chi connectivity index (χ0n) is 7.77. The lowest BCUT2D eigenvalue weighted by molar-refractivity contribution is -0.137. The van der Waals surface area contributed by atoms with Crippen LogP contribution in [-0.4, -0.2) is 4.57 Å². The van der Waals surface area contributed by atoms with E-state index < -0.39 is 11.7 Å². The minimum atomic E-state index is -4.29. The number of rotatable bonds is 0. The first-order valence-corrected chi connectivity index (χ1v) is 5.00. The van der Waals surface area contributed by atoms with Crippen molar-refractivity contribution < 1.29 is 13.2 Å². The lowest BCUT2D eigenvalue weighted by Gasteiger charge is -2.06. The van der Waals surface area contributed by atoms with Gasteiger partial charge in [-0.2, -0.15) is 13.2 Å². The normalized spacial score (nSPS) is 12.3. The Hall–Kier alpha value is -0.970. The molecule has 0 unspecified atom stereocenters. The summed E-state index contributed by atoms with van der Waals surface area (Å²) in [5, 5.41) is 0.576.